The number of β-amino-alcohol motifs (C(OH)–C–C–N with tert-alkyl or cyclic N) is 1. The van der Waals surface area contributed by atoms with Crippen LogP contribution in [-0.2, 0) is 4.74 Å². The van der Waals surface area contributed by atoms with Crippen LogP contribution in [0.4, 0.5) is 0 Å². The van der Waals surface area contributed by atoms with Gasteiger partial charge in [-0.2, -0.15) is 0 Å². The van der Waals surface area contributed by atoms with E-state index in [4.69, 9.17) is 4.74 Å². The summed E-state index contributed by atoms with van der Waals surface area (Å²) in [5, 5.41) is 12.6. The van der Waals surface area contributed by atoms with Crippen LogP contribution in [0, 0.1) is 0 Å². The maximum absolute atomic E-state index is 9.53. The second-order valence-electron chi connectivity index (χ2n) is 4.39. The summed E-state index contributed by atoms with van der Waals surface area (Å²) in [7, 11) is 0. The average Bonchev–Trinajstić information content (AvgIpc) is 2.35. The van der Waals surface area contributed by atoms with E-state index < -0.39 is 0 Å². The summed E-state index contributed by atoms with van der Waals surface area (Å²) in [5.41, 5.74) is -0.105. The Morgan fingerprint density at radius 2 is 2.15 bits per heavy atom. The van der Waals surface area contributed by atoms with Crippen LogP contribution in [0.15, 0.2) is 0 Å². The minimum absolute atomic E-state index is 0.0263. The van der Waals surface area contributed by atoms with Gasteiger partial charge in [0.1, 0.15) is 0 Å². The van der Waals surface area contributed by atoms with Crippen LogP contribution in [0.1, 0.15) is 33.6 Å². The summed E-state index contributed by atoms with van der Waals surface area (Å²) in [6.07, 6.45) is 1.79. The summed E-state index contributed by atoms with van der Waals surface area (Å²) >= 11 is 0. The molecule has 1 fully saturated rings. The lowest BCUT2D eigenvalue weighted by Crippen LogP contribution is -2.37. The third kappa shape index (κ3) is 3.25. The van der Waals surface area contributed by atoms with Crippen LogP contribution in [0.5, 0.6) is 0 Å². The second kappa shape index (κ2) is 4.40. The molecule has 1 rings (SSSR count). The van der Waals surface area contributed by atoms with Crippen molar-refractivity contribution in [2.24, 2.45) is 0 Å². The fourth-order valence-electron chi connectivity index (χ4n) is 1.83. The number of aliphatic hydroxyl groups is 1. The van der Waals surface area contributed by atoms with Crippen molar-refractivity contribution in [2.45, 2.75) is 51.4 Å². The highest BCUT2D eigenvalue weighted by Gasteiger charge is 2.31. The lowest BCUT2D eigenvalue weighted by molar-refractivity contribution is -0.103. The lowest BCUT2D eigenvalue weighted by atomic mass is 10.0. The topological polar surface area (TPSA) is 41.5 Å². The Bertz CT molecular complexity index is 159. The minimum atomic E-state index is -0.337. The van der Waals surface area contributed by atoms with Crippen molar-refractivity contribution < 1.29 is 9.84 Å². The Labute approximate surface area is 80.5 Å². The van der Waals surface area contributed by atoms with E-state index in [1.54, 1.807) is 0 Å². The number of nitrogens with one attached hydrogen (secondary N) is 1. The number of aliphatic hydroxyl groups excluding tert-OH is 1. The summed E-state index contributed by atoms with van der Waals surface area (Å²) in [5.74, 6) is 0. The van der Waals surface area contributed by atoms with Crippen LogP contribution in [0.2, 0.25) is 0 Å². The Morgan fingerprint density at radius 3 is 2.62 bits per heavy atom. The summed E-state index contributed by atoms with van der Waals surface area (Å²) < 4.78 is 5.84. The molecule has 0 spiro atoms. The van der Waals surface area contributed by atoms with E-state index in [0.29, 0.717) is 6.54 Å². The van der Waals surface area contributed by atoms with E-state index in [1.165, 1.54) is 0 Å². The molecule has 78 valence electrons. The molecule has 1 aliphatic rings. The molecule has 1 aliphatic heterocycles. The number of hydrogen-bond acceptors (Lipinski definition) is 3. The molecule has 2 unspecified atom stereocenters. The minimum Gasteiger partial charge on any atom is -0.389 e. The fraction of sp³-hybridized carbons (Fsp3) is 1.00. The van der Waals surface area contributed by atoms with Crippen molar-refractivity contribution in [2.75, 3.05) is 13.1 Å². The van der Waals surface area contributed by atoms with Gasteiger partial charge in [0.2, 0.25) is 0 Å². The number of rotatable bonds is 4. The molecule has 13 heavy (non-hydrogen) atoms. The zero-order valence-corrected chi connectivity index (χ0v) is 8.84. The predicted octanol–water partition coefficient (Wildman–Crippen LogP) is 0.914. The van der Waals surface area contributed by atoms with E-state index >= 15 is 0 Å². The largest absolute Gasteiger partial charge is 0.389 e. The molecule has 0 amide bonds. The van der Waals surface area contributed by atoms with E-state index in [-0.39, 0.29) is 17.8 Å². The monoisotopic (exact) mass is 187 g/mol. The first kappa shape index (κ1) is 11.0. The van der Waals surface area contributed by atoms with Gasteiger partial charge in [0.15, 0.2) is 0 Å². The van der Waals surface area contributed by atoms with Crippen molar-refractivity contribution in [3.8, 4) is 0 Å². The van der Waals surface area contributed by atoms with Crippen molar-refractivity contribution in [3.63, 3.8) is 0 Å². The normalized spacial score (nSPS) is 29.5. The van der Waals surface area contributed by atoms with E-state index in [9.17, 15) is 5.11 Å². The molecule has 1 heterocycles. The van der Waals surface area contributed by atoms with Gasteiger partial charge in [-0.1, -0.05) is 13.3 Å². The molecule has 0 radical (unpaired) electrons. The van der Waals surface area contributed by atoms with Crippen molar-refractivity contribution in [3.05, 3.63) is 0 Å². The van der Waals surface area contributed by atoms with Gasteiger partial charge < -0.3 is 15.2 Å². The van der Waals surface area contributed by atoms with Gasteiger partial charge in [0.25, 0.3) is 0 Å². The second-order valence-corrected chi connectivity index (χ2v) is 4.39. The Morgan fingerprint density at radius 1 is 1.46 bits per heavy atom. The lowest BCUT2D eigenvalue weighted by Gasteiger charge is -2.29. The SMILES string of the molecule is CCCC(C)(C)OC1CNCC1O. The van der Waals surface area contributed by atoms with Crippen LogP contribution in [-0.4, -0.2) is 36.0 Å². The van der Waals surface area contributed by atoms with Gasteiger partial charge >= 0.3 is 0 Å². The molecule has 3 nitrogen and oxygen atoms in total. The zero-order valence-electron chi connectivity index (χ0n) is 8.84. The van der Waals surface area contributed by atoms with Crippen LogP contribution in [0.3, 0.4) is 0 Å². The zero-order chi connectivity index (χ0) is 9.90. The highest BCUT2D eigenvalue weighted by atomic mass is 16.5. The molecule has 2 atom stereocenters. The molecule has 0 aromatic rings. The van der Waals surface area contributed by atoms with E-state index in [1.807, 2.05) is 0 Å². The maximum Gasteiger partial charge on any atom is 0.0977 e. The van der Waals surface area contributed by atoms with E-state index in [0.717, 1.165) is 19.4 Å². The van der Waals surface area contributed by atoms with Gasteiger partial charge in [-0.3, -0.25) is 0 Å². The third-order valence-electron chi connectivity index (χ3n) is 2.45. The maximum atomic E-state index is 9.53. The quantitative estimate of drug-likeness (QED) is 0.687. The fourth-order valence-corrected chi connectivity index (χ4v) is 1.83. The summed E-state index contributed by atoms with van der Waals surface area (Å²) in [6, 6.07) is 0. The molecule has 3 heteroatoms. The molecule has 0 aromatic heterocycles. The molecule has 1 saturated heterocycles. The smallest absolute Gasteiger partial charge is 0.0977 e. The third-order valence-corrected chi connectivity index (χ3v) is 2.45. The summed E-state index contributed by atoms with van der Waals surface area (Å²) in [6.45, 7) is 7.75. The molecule has 0 bridgehead atoms. The van der Waals surface area contributed by atoms with Crippen molar-refractivity contribution >= 4 is 0 Å². The summed E-state index contributed by atoms with van der Waals surface area (Å²) in [4.78, 5) is 0. The van der Waals surface area contributed by atoms with Gasteiger partial charge in [-0.25, -0.2) is 0 Å². The predicted molar refractivity (Wildman–Crippen MR) is 52.7 cm³/mol. The highest BCUT2D eigenvalue weighted by molar-refractivity contribution is 4.84. The molecule has 0 aromatic carbocycles. The first-order valence-electron chi connectivity index (χ1n) is 5.12. The van der Waals surface area contributed by atoms with Gasteiger partial charge in [0.05, 0.1) is 17.8 Å². The van der Waals surface area contributed by atoms with Crippen LogP contribution >= 0.6 is 0 Å². The Hall–Kier alpha value is -0.120. The van der Waals surface area contributed by atoms with Gasteiger partial charge in [0, 0.05) is 13.1 Å². The van der Waals surface area contributed by atoms with Crippen molar-refractivity contribution in [1.29, 1.82) is 0 Å². The first-order valence-corrected chi connectivity index (χ1v) is 5.12. The average molecular weight is 187 g/mol. The molecule has 0 aliphatic carbocycles. The Kier molecular flexibility index (Phi) is 3.71. The molecule has 0 saturated carbocycles. The molecular formula is C10H21NO2. The molecular weight excluding hydrogens is 166 g/mol. The van der Waals surface area contributed by atoms with E-state index in [2.05, 4.69) is 26.1 Å². The number of hydrogen-bond donors (Lipinski definition) is 2. The molecule has 2 N–H and O–H groups in total. The highest BCUT2D eigenvalue weighted by Crippen LogP contribution is 2.21. The first-order chi connectivity index (χ1) is 6.05. The van der Waals surface area contributed by atoms with Crippen LogP contribution in [0.25, 0.3) is 0 Å². The Balaban J connectivity index is 2.37. The standard InChI is InChI=1S/C10H21NO2/c1-4-5-10(2,3)13-9-7-11-6-8(9)12/h8-9,11-12H,4-7H2,1-3H3. The van der Waals surface area contributed by atoms with Gasteiger partial charge in [-0.15, -0.1) is 0 Å². The van der Waals surface area contributed by atoms with Crippen LogP contribution < -0.4 is 5.32 Å². The van der Waals surface area contributed by atoms with Crippen molar-refractivity contribution in [1.82, 2.24) is 5.32 Å². The number of ether oxygens (including phenoxy) is 1. The van der Waals surface area contributed by atoms with Gasteiger partial charge in [-0.05, 0) is 20.3 Å².